The van der Waals surface area contributed by atoms with Crippen molar-refractivity contribution in [2.45, 2.75) is 38.5 Å². The third-order valence-corrected chi connectivity index (χ3v) is 4.48. The van der Waals surface area contributed by atoms with Crippen LogP contribution < -0.4 is 10.2 Å². The van der Waals surface area contributed by atoms with Crippen molar-refractivity contribution in [2.75, 3.05) is 24.5 Å². The van der Waals surface area contributed by atoms with Gasteiger partial charge in [-0.2, -0.15) is 5.26 Å². The van der Waals surface area contributed by atoms with Crippen LogP contribution in [0.2, 0.25) is 0 Å². The number of fused-ring (bicyclic) bond motifs is 1. The lowest BCUT2D eigenvalue weighted by Crippen LogP contribution is -2.32. The molecule has 0 unspecified atom stereocenters. The molecule has 0 radical (unpaired) electrons. The Bertz CT molecular complexity index is 792. The number of carbonyl (C=O) groups excluding carboxylic acids is 1. The van der Waals surface area contributed by atoms with Crippen LogP contribution in [0.15, 0.2) is 24.3 Å². The molecule has 1 amide bonds. The first kappa shape index (κ1) is 17.2. The molecule has 6 heteroatoms. The van der Waals surface area contributed by atoms with Crippen LogP contribution in [0, 0.1) is 11.3 Å². The second-order valence-electron chi connectivity index (χ2n) is 6.32. The standard InChI is InChI=1S/C19H23N5O/c1-2-3-10-21-19(25)14(13-20)17-18(24-11-6-7-12-24)23-16-9-5-4-8-15(16)22-17/h4-5,8-9,14H,2-3,6-7,10-12H2,1H3,(H,21,25)/t14-/m1/s1. The highest BCUT2D eigenvalue weighted by molar-refractivity contribution is 5.88. The number of rotatable bonds is 6. The summed E-state index contributed by atoms with van der Waals surface area (Å²) in [5, 5.41) is 12.5. The molecular formula is C19H23N5O. The Balaban J connectivity index is 2.00. The second-order valence-corrected chi connectivity index (χ2v) is 6.32. The minimum absolute atomic E-state index is 0.291. The Morgan fingerprint density at radius 1 is 1.28 bits per heavy atom. The highest BCUT2D eigenvalue weighted by atomic mass is 16.1. The number of nitrogens with zero attached hydrogens (tertiary/aromatic N) is 4. The minimum atomic E-state index is -0.940. The van der Waals surface area contributed by atoms with Gasteiger partial charge in [0.15, 0.2) is 11.7 Å². The van der Waals surface area contributed by atoms with Crippen LogP contribution in [0.3, 0.4) is 0 Å². The van der Waals surface area contributed by atoms with Gasteiger partial charge < -0.3 is 10.2 Å². The van der Waals surface area contributed by atoms with Crippen molar-refractivity contribution in [3.8, 4) is 6.07 Å². The predicted octanol–water partition coefficient (Wildman–Crippen LogP) is 2.75. The lowest BCUT2D eigenvalue weighted by molar-refractivity contribution is -0.121. The molecule has 0 aliphatic carbocycles. The van der Waals surface area contributed by atoms with Gasteiger partial charge in [-0.25, -0.2) is 9.97 Å². The largest absolute Gasteiger partial charge is 0.355 e. The topological polar surface area (TPSA) is 81.9 Å². The molecule has 1 aromatic heterocycles. The number of para-hydroxylation sites is 2. The maximum atomic E-state index is 12.5. The van der Waals surface area contributed by atoms with Gasteiger partial charge in [-0.15, -0.1) is 0 Å². The van der Waals surface area contributed by atoms with Crippen molar-refractivity contribution in [2.24, 2.45) is 0 Å². The zero-order valence-corrected chi connectivity index (χ0v) is 14.5. The highest BCUT2D eigenvalue weighted by Gasteiger charge is 2.29. The fourth-order valence-corrected chi connectivity index (χ4v) is 3.09. The fraction of sp³-hybridized carbons (Fsp3) is 0.474. The van der Waals surface area contributed by atoms with Gasteiger partial charge in [0.1, 0.15) is 5.69 Å². The van der Waals surface area contributed by atoms with E-state index in [1.165, 1.54) is 0 Å². The van der Waals surface area contributed by atoms with Crippen LogP contribution in [-0.2, 0) is 4.79 Å². The van der Waals surface area contributed by atoms with Gasteiger partial charge in [0.05, 0.1) is 17.1 Å². The Labute approximate surface area is 147 Å². The maximum absolute atomic E-state index is 12.5. The van der Waals surface area contributed by atoms with E-state index in [9.17, 15) is 10.1 Å². The van der Waals surface area contributed by atoms with E-state index < -0.39 is 5.92 Å². The Kier molecular flexibility index (Phi) is 5.44. The minimum Gasteiger partial charge on any atom is -0.355 e. The molecule has 0 saturated carbocycles. The van der Waals surface area contributed by atoms with Gasteiger partial charge in [-0.1, -0.05) is 25.5 Å². The highest BCUT2D eigenvalue weighted by Crippen LogP contribution is 2.29. The van der Waals surface area contributed by atoms with E-state index in [0.717, 1.165) is 44.3 Å². The van der Waals surface area contributed by atoms with Crippen molar-refractivity contribution >= 4 is 22.8 Å². The van der Waals surface area contributed by atoms with E-state index in [1.54, 1.807) is 0 Å². The molecule has 130 valence electrons. The number of hydrogen-bond acceptors (Lipinski definition) is 5. The van der Waals surface area contributed by atoms with Crippen LogP contribution >= 0.6 is 0 Å². The molecule has 1 aliphatic heterocycles. The third kappa shape index (κ3) is 3.71. The molecule has 1 atom stereocenters. The van der Waals surface area contributed by atoms with E-state index in [1.807, 2.05) is 24.3 Å². The Morgan fingerprint density at radius 2 is 1.96 bits per heavy atom. The quantitative estimate of drug-likeness (QED) is 0.820. The summed E-state index contributed by atoms with van der Waals surface area (Å²) in [6.45, 7) is 4.41. The fourth-order valence-electron chi connectivity index (χ4n) is 3.09. The number of nitriles is 1. The summed E-state index contributed by atoms with van der Waals surface area (Å²) in [5.41, 5.74) is 1.97. The molecule has 6 nitrogen and oxygen atoms in total. The van der Waals surface area contributed by atoms with Gasteiger partial charge in [0, 0.05) is 19.6 Å². The first-order valence-corrected chi connectivity index (χ1v) is 8.93. The molecule has 2 aromatic rings. The van der Waals surface area contributed by atoms with E-state index in [0.29, 0.717) is 23.6 Å². The van der Waals surface area contributed by atoms with Gasteiger partial charge in [-0.05, 0) is 31.4 Å². The number of nitrogens with one attached hydrogen (secondary N) is 1. The number of benzene rings is 1. The molecule has 0 bridgehead atoms. The number of hydrogen-bond donors (Lipinski definition) is 1. The number of aromatic nitrogens is 2. The lowest BCUT2D eigenvalue weighted by atomic mass is 10.0. The van der Waals surface area contributed by atoms with E-state index in [2.05, 4.69) is 28.2 Å². The van der Waals surface area contributed by atoms with Gasteiger partial charge >= 0.3 is 0 Å². The number of amides is 1. The molecule has 1 fully saturated rings. The lowest BCUT2D eigenvalue weighted by Gasteiger charge is -2.21. The van der Waals surface area contributed by atoms with Crippen LogP contribution in [0.4, 0.5) is 5.82 Å². The van der Waals surface area contributed by atoms with Crippen molar-refractivity contribution in [3.63, 3.8) is 0 Å². The normalized spacial score (nSPS) is 15.1. The molecule has 2 heterocycles. The second kappa shape index (κ2) is 7.93. The molecular weight excluding hydrogens is 314 g/mol. The first-order chi connectivity index (χ1) is 12.2. The monoisotopic (exact) mass is 337 g/mol. The summed E-state index contributed by atoms with van der Waals surface area (Å²) < 4.78 is 0. The van der Waals surface area contributed by atoms with Crippen molar-refractivity contribution < 1.29 is 4.79 Å². The summed E-state index contributed by atoms with van der Waals surface area (Å²) >= 11 is 0. The van der Waals surface area contributed by atoms with Crippen molar-refractivity contribution in [1.29, 1.82) is 5.26 Å². The average Bonchev–Trinajstić information content (AvgIpc) is 3.16. The molecule has 25 heavy (non-hydrogen) atoms. The molecule has 1 aromatic carbocycles. The van der Waals surface area contributed by atoms with E-state index in [-0.39, 0.29) is 5.91 Å². The molecule has 1 aliphatic rings. The number of anilines is 1. The van der Waals surface area contributed by atoms with Gasteiger partial charge in [0.2, 0.25) is 5.91 Å². The summed E-state index contributed by atoms with van der Waals surface area (Å²) in [5.74, 6) is -0.557. The molecule has 1 saturated heterocycles. The van der Waals surface area contributed by atoms with E-state index in [4.69, 9.17) is 4.98 Å². The van der Waals surface area contributed by atoms with Crippen LogP contribution in [-0.4, -0.2) is 35.5 Å². The van der Waals surface area contributed by atoms with E-state index >= 15 is 0 Å². The average molecular weight is 337 g/mol. The van der Waals surface area contributed by atoms with Crippen molar-refractivity contribution in [1.82, 2.24) is 15.3 Å². The molecule has 3 rings (SSSR count). The summed E-state index contributed by atoms with van der Waals surface area (Å²) in [4.78, 5) is 24.1. The zero-order chi connectivity index (χ0) is 17.6. The number of unbranched alkanes of at least 4 members (excludes halogenated alkanes) is 1. The van der Waals surface area contributed by atoms with Crippen LogP contribution in [0.1, 0.15) is 44.2 Å². The summed E-state index contributed by atoms with van der Waals surface area (Å²) in [6.07, 6.45) is 4.07. The SMILES string of the molecule is CCCCNC(=O)[C@H](C#N)c1nc2ccccc2nc1N1CCCC1. The van der Waals surface area contributed by atoms with Gasteiger partial charge in [-0.3, -0.25) is 4.79 Å². The molecule has 0 spiro atoms. The van der Waals surface area contributed by atoms with Crippen molar-refractivity contribution in [3.05, 3.63) is 30.0 Å². The van der Waals surface area contributed by atoms with Crippen LogP contribution in [0.25, 0.3) is 11.0 Å². The third-order valence-electron chi connectivity index (χ3n) is 4.48. The van der Waals surface area contributed by atoms with Crippen LogP contribution in [0.5, 0.6) is 0 Å². The maximum Gasteiger partial charge on any atom is 0.243 e. The number of carbonyl (C=O) groups is 1. The van der Waals surface area contributed by atoms with Gasteiger partial charge in [0.25, 0.3) is 0 Å². The Hall–Kier alpha value is -2.68. The molecule has 1 N–H and O–H groups in total. The summed E-state index contributed by atoms with van der Waals surface area (Å²) in [6, 6.07) is 9.72. The zero-order valence-electron chi connectivity index (χ0n) is 14.5. The smallest absolute Gasteiger partial charge is 0.243 e. The summed E-state index contributed by atoms with van der Waals surface area (Å²) in [7, 11) is 0. The Morgan fingerprint density at radius 3 is 2.60 bits per heavy atom. The predicted molar refractivity (Wildman–Crippen MR) is 97.3 cm³/mol. The first-order valence-electron chi connectivity index (χ1n) is 8.93.